The largest absolute Gasteiger partial charge is 0.379 e. The molecule has 25 heavy (non-hydrogen) atoms. The Labute approximate surface area is 154 Å². The molecule has 1 aromatic rings. The van der Waals surface area contributed by atoms with Crippen molar-refractivity contribution in [1.82, 2.24) is 10.2 Å². The molecule has 1 aliphatic rings. The van der Waals surface area contributed by atoms with Crippen molar-refractivity contribution in [3.8, 4) is 0 Å². The first-order valence-corrected chi connectivity index (χ1v) is 10.2. The Morgan fingerprint density at radius 1 is 1.24 bits per heavy atom. The third-order valence-electron chi connectivity index (χ3n) is 4.99. The molecule has 1 unspecified atom stereocenters. The second kappa shape index (κ2) is 10.7. The van der Waals surface area contributed by atoms with E-state index in [-0.39, 0.29) is 24.5 Å². The molecule has 1 N–H and O–H groups in total. The maximum atomic E-state index is 12.2. The minimum absolute atomic E-state index is 0.0332. The van der Waals surface area contributed by atoms with Crippen LogP contribution in [0.2, 0.25) is 0 Å². The summed E-state index contributed by atoms with van der Waals surface area (Å²) in [6.45, 7) is 8.45. The first kappa shape index (κ1) is 20.1. The van der Waals surface area contributed by atoms with Gasteiger partial charge >= 0.3 is 0 Å². The fourth-order valence-electron chi connectivity index (χ4n) is 3.43. The molecule has 1 amide bonds. The van der Waals surface area contributed by atoms with Gasteiger partial charge in [-0.2, -0.15) is 0 Å². The maximum Gasteiger partial charge on any atom is 0.220 e. The summed E-state index contributed by atoms with van der Waals surface area (Å²) >= 11 is 1.43. The molecule has 2 heterocycles. The van der Waals surface area contributed by atoms with Crippen molar-refractivity contribution in [2.45, 2.75) is 45.6 Å². The van der Waals surface area contributed by atoms with Crippen LogP contribution in [0.3, 0.4) is 0 Å². The van der Waals surface area contributed by atoms with Crippen LogP contribution in [0.5, 0.6) is 0 Å². The van der Waals surface area contributed by atoms with Gasteiger partial charge in [-0.05, 0) is 17.4 Å². The number of morpholine rings is 1. The van der Waals surface area contributed by atoms with Gasteiger partial charge in [0.1, 0.15) is 0 Å². The summed E-state index contributed by atoms with van der Waals surface area (Å²) < 4.78 is 5.46. The molecule has 140 valence electrons. The zero-order valence-corrected chi connectivity index (χ0v) is 16.1. The Bertz CT molecular complexity index is 523. The van der Waals surface area contributed by atoms with E-state index in [0.29, 0.717) is 18.5 Å². The Morgan fingerprint density at radius 3 is 2.56 bits per heavy atom. The lowest BCUT2D eigenvalue weighted by Crippen LogP contribution is -2.52. The molecular weight excluding hydrogens is 336 g/mol. The molecular formula is C19H30N2O3S. The van der Waals surface area contributed by atoms with Gasteiger partial charge in [-0.3, -0.25) is 14.5 Å². The van der Waals surface area contributed by atoms with Crippen LogP contribution in [0.25, 0.3) is 0 Å². The summed E-state index contributed by atoms with van der Waals surface area (Å²) in [6.07, 6.45) is 2.74. The van der Waals surface area contributed by atoms with E-state index in [4.69, 9.17) is 4.74 Å². The third-order valence-corrected chi connectivity index (χ3v) is 5.90. The monoisotopic (exact) mass is 366 g/mol. The van der Waals surface area contributed by atoms with Crippen molar-refractivity contribution in [2.24, 2.45) is 5.92 Å². The Balaban J connectivity index is 1.81. The number of ketones is 1. The average molecular weight is 367 g/mol. The predicted molar refractivity (Wildman–Crippen MR) is 101 cm³/mol. The van der Waals surface area contributed by atoms with Gasteiger partial charge < -0.3 is 10.1 Å². The standard InChI is InChI=1S/C19H30N2O3S/c1-3-15(4-2)16(21-9-11-24-12-10-21)14-20-19(23)8-7-17(22)18-6-5-13-25-18/h5-6,13,15-16H,3-4,7-12,14H2,1-2H3,(H,20,23). The first-order valence-electron chi connectivity index (χ1n) is 9.30. The van der Waals surface area contributed by atoms with E-state index in [2.05, 4.69) is 24.1 Å². The summed E-state index contributed by atoms with van der Waals surface area (Å²) in [5, 5.41) is 4.94. The van der Waals surface area contributed by atoms with Crippen molar-refractivity contribution in [3.05, 3.63) is 22.4 Å². The quantitative estimate of drug-likeness (QED) is 0.647. The number of carbonyl (C=O) groups is 2. The van der Waals surface area contributed by atoms with Crippen molar-refractivity contribution in [2.75, 3.05) is 32.8 Å². The van der Waals surface area contributed by atoms with E-state index in [1.807, 2.05) is 17.5 Å². The lowest BCUT2D eigenvalue weighted by molar-refractivity contribution is -0.121. The van der Waals surface area contributed by atoms with Gasteiger partial charge in [0.15, 0.2) is 5.78 Å². The van der Waals surface area contributed by atoms with Gasteiger partial charge in [0, 0.05) is 38.5 Å². The smallest absolute Gasteiger partial charge is 0.220 e. The molecule has 1 atom stereocenters. The molecule has 1 aliphatic heterocycles. The second-order valence-corrected chi connectivity index (χ2v) is 7.44. The molecule has 1 saturated heterocycles. The number of nitrogens with zero attached hydrogens (tertiary/aromatic N) is 1. The van der Waals surface area contributed by atoms with Crippen molar-refractivity contribution < 1.29 is 14.3 Å². The van der Waals surface area contributed by atoms with Crippen LogP contribution in [-0.4, -0.2) is 55.5 Å². The fourth-order valence-corrected chi connectivity index (χ4v) is 4.12. The van der Waals surface area contributed by atoms with Crippen LogP contribution < -0.4 is 5.32 Å². The molecule has 0 radical (unpaired) electrons. The van der Waals surface area contributed by atoms with Crippen LogP contribution in [0.1, 0.15) is 49.2 Å². The van der Waals surface area contributed by atoms with Gasteiger partial charge in [-0.1, -0.05) is 32.8 Å². The molecule has 1 fully saturated rings. The number of thiophene rings is 1. The molecule has 0 saturated carbocycles. The minimum Gasteiger partial charge on any atom is -0.379 e. The average Bonchev–Trinajstić information content (AvgIpc) is 3.18. The topological polar surface area (TPSA) is 58.6 Å². The lowest BCUT2D eigenvalue weighted by atomic mass is 9.92. The Hall–Kier alpha value is -1.24. The number of carbonyl (C=O) groups excluding carboxylic acids is 2. The van der Waals surface area contributed by atoms with Crippen LogP contribution >= 0.6 is 11.3 Å². The van der Waals surface area contributed by atoms with E-state index in [1.165, 1.54) is 11.3 Å². The van der Waals surface area contributed by atoms with Gasteiger partial charge in [0.25, 0.3) is 0 Å². The van der Waals surface area contributed by atoms with Crippen molar-refractivity contribution in [3.63, 3.8) is 0 Å². The number of hydrogen-bond acceptors (Lipinski definition) is 5. The molecule has 1 aromatic heterocycles. The summed E-state index contributed by atoms with van der Waals surface area (Å²) in [4.78, 5) is 27.4. The maximum absolute atomic E-state index is 12.2. The summed E-state index contributed by atoms with van der Waals surface area (Å²) in [7, 11) is 0. The highest BCUT2D eigenvalue weighted by Gasteiger charge is 2.27. The fraction of sp³-hybridized carbons (Fsp3) is 0.684. The number of hydrogen-bond donors (Lipinski definition) is 1. The van der Waals surface area contributed by atoms with Gasteiger partial charge in [-0.15, -0.1) is 11.3 Å². The number of nitrogens with one attached hydrogen (secondary N) is 1. The van der Waals surface area contributed by atoms with E-state index in [1.54, 1.807) is 0 Å². The van der Waals surface area contributed by atoms with Crippen LogP contribution in [0.15, 0.2) is 17.5 Å². The SMILES string of the molecule is CCC(CC)C(CNC(=O)CCC(=O)c1cccs1)N1CCOCC1. The molecule has 6 heteroatoms. The van der Waals surface area contributed by atoms with Crippen LogP contribution in [0, 0.1) is 5.92 Å². The highest BCUT2D eigenvalue weighted by molar-refractivity contribution is 7.12. The zero-order chi connectivity index (χ0) is 18.1. The van der Waals surface area contributed by atoms with Gasteiger partial charge in [0.05, 0.1) is 18.1 Å². The molecule has 5 nitrogen and oxygen atoms in total. The van der Waals surface area contributed by atoms with Gasteiger partial charge in [-0.25, -0.2) is 0 Å². The van der Waals surface area contributed by atoms with Crippen molar-refractivity contribution in [1.29, 1.82) is 0 Å². The van der Waals surface area contributed by atoms with Crippen molar-refractivity contribution >= 4 is 23.0 Å². The lowest BCUT2D eigenvalue weighted by Gasteiger charge is -2.38. The Kier molecular flexibility index (Phi) is 8.58. The highest BCUT2D eigenvalue weighted by Crippen LogP contribution is 2.19. The van der Waals surface area contributed by atoms with E-state index < -0.39 is 0 Å². The third kappa shape index (κ3) is 6.20. The molecule has 0 spiro atoms. The van der Waals surface area contributed by atoms with E-state index >= 15 is 0 Å². The van der Waals surface area contributed by atoms with Crippen LogP contribution in [0.4, 0.5) is 0 Å². The predicted octanol–water partition coefficient (Wildman–Crippen LogP) is 2.96. The summed E-state index contributed by atoms with van der Waals surface area (Å²) in [5.74, 6) is 0.579. The second-order valence-electron chi connectivity index (χ2n) is 6.50. The number of amides is 1. The molecule has 0 bridgehead atoms. The zero-order valence-electron chi connectivity index (χ0n) is 15.3. The molecule has 2 rings (SSSR count). The Morgan fingerprint density at radius 2 is 1.96 bits per heavy atom. The number of Topliss-reactive ketones (excluding diaryl/α,β-unsaturated/α-hetero) is 1. The van der Waals surface area contributed by atoms with E-state index in [9.17, 15) is 9.59 Å². The molecule has 0 aliphatic carbocycles. The van der Waals surface area contributed by atoms with E-state index in [0.717, 1.165) is 44.0 Å². The summed E-state index contributed by atoms with van der Waals surface area (Å²) in [5.41, 5.74) is 0. The number of ether oxygens (including phenoxy) is 1. The normalized spacial score (nSPS) is 16.8. The highest BCUT2D eigenvalue weighted by atomic mass is 32.1. The minimum atomic E-state index is -0.0332. The first-order chi connectivity index (χ1) is 12.2. The van der Waals surface area contributed by atoms with Crippen LogP contribution in [-0.2, 0) is 9.53 Å². The van der Waals surface area contributed by atoms with Gasteiger partial charge in [0.2, 0.25) is 5.91 Å². The summed E-state index contributed by atoms with van der Waals surface area (Å²) in [6, 6.07) is 4.02. The number of rotatable bonds is 10. The molecule has 0 aromatic carbocycles.